The number of hydrogen-bond donors (Lipinski definition) is 2. The van der Waals surface area contributed by atoms with E-state index in [-0.39, 0.29) is 12.1 Å². The van der Waals surface area contributed by atoms with Crippen LogP contribution in [0.1, 0.15) is 29.5 Å². The zero-order chi connectivity index (χ0) is 12.5. The molecule has 3 N–H and O–H groups in total. The molecule has 1 amide bonds. The number of carbonyl (C=O) groups is 1. The van der Waals surface area contributed by atoms with Crippen molar-refractivity contribution in [2.75, 3.05) is 6.54 Å². The van der Waals surface area contributed by atoms with Crippen molar-refractivity contribution in [1.29, 1.82) is 0 Å². The van der Waals surface area contributed by atoms with E-state index in [1.54, 1.807) is 0 Å². The van der Waals surface area contributed by atoms with Crippen molar-refractivity contribution in [1.82, 2.24) is 14.8 Å². The van der Waals surface area contributed by atoms with Crippen LogP contribution in [0.25, 0.3) is 0 Å². The van der Waals surface area contributed by atoms with E-state index in [9.17, 15) is 4.79 Å². The summed E-state index contributed by atoms with van der Waals surface area (Å²) in [6.07, 6.45) is 3.60. The summed E-state index contributed by atoms with van der Waals surface area (Å²) < 4.78 is 2.81. The maximum Gasteiger partial charge on any atom is 0.272 e. The van der Waals surface area contributed by atoms with Gasteiger partial charge in [-0.25, -0.2) is 4.99 Å². The molecule has 18 heavy (non-hydrogen) atoms. The Kier molecular flexibility index (Phi) is 1.79. The first-order chi connectivity index (χ1) is 8.62. The second kappa shape index (κ2) is 3.09. The Balaban J connectivity index is 1.97. The number of halogens is 1. The van der Waals surface area contributed by atoms with E-state index in [2.05, 4.69) is 26.2 Å². The summed E-state index contributed by atoms with van der Waals surface area (Å²) >= 11 is 3.42. The smallest absolute Gasteiger partial charge is 0.272 e. The topological polar surface area (TPSA) is 75.6 Å². The van der Waals surface area contributed by atoms with Crippen molar-refractivity contribution in [3.05, 3.63) is 22.4 Å². The largest absolute Gasteiger partial charge is 0.370 e. The third-order valence-corrected chi connectivity index (χ3v) is 4.43. The summed E-state index contributed by atoms with van der Waals surface area (Å²) in [5.41, 5.74) is 6.05. The predicted octanol–water partition coefficient (Wildman–Crippen LogP) is 0.613. The normalized spacial score (nSPS) is 32.7. The minimum Gasteiger partial charge on any atom is -0.370 e. The summed E-state index contributed by atoms with van der Waals surface area (Å²) in [6, 6.07) is 1.84. The van der Waals surface area contributed by atoms with E-state index in [1.807, 2.05) is 21.7 Å². The van der Waals surface area contributed by atoms with E-state index < -0.39 is 5.66 Å². The van der Waals surface area contributed by atoms with Crippen molar-refractivity contribution in [2.45, 2.75) is 24.7 Å². The van der Waals surface area contributed by atoms with E-state index >= 15 is 0 Å². The molecule has 0 unspecified atom stereocenters. The van der Waals surface area contributed by atoms with Crippen molar-refractivity contribution in [3.8, 4) is 0 Å². The average molecular weight is 310 g/mol. The fourth-order valence-corrected chi connectivity index (χ4v) is 3.77. The quantitative estimate of drug-likeness (QED) is 0.737. The molecule has 0 aliphatic carbocycles. The van der Waals surface area contributed by atoms with Gasteiger partial charge in [0.1, 0.15) is 5.69 Å². The van der Waals surface area contributed by atoms with Crippen molar-refractivity contribution < 1.29 is 4.79 Å². The molecule has 7 heteroatoms. The van der Waals surface area contributed by atoms with Gasteiger partial charge in [0, 0.05) is 17.2 Å². The second-order valence-electron chi connectivity index (χ2n) is 4.95. The van der Waals surface area contributed by atoms with E-state index in [4.69, 9.17) is 5.73 Å². The molecule has 4 rings (SSSR count). The SMILES string of the molecule is NC1=N[C@@H]2n3cc(Br)cc3C(=O)N3CCC[C@@]23N1. The molecule has 0 saturated carbocycles. The molecule has 94 valence electrons. The van der Waals surface area contributed by atoms with Gasteiger partial charge in [0.05, 0.1) is 0 Å². The second-order valence-corrected chi connectivity index (χ2v) is 5.86. The highest BCUT2D eigenvalue weighted by Crippen LogP contribution is 2.45. The Labute approximate surface area is 112 Å². The molecule has 0 radical (unpaired) electrons. The lowest BCUT2D eigenvalue weighted by Crippen LogP contribution is -2.63. The van der Waals surface area contributed by atoms with Crippen molar-refractivity contribution in [3.63, 3.8) is 0 Å². The maximum absolute atomic E-state index is 12.5. The van der Waals surface area contributed by atoms with Crippen LogP contribution in [0.3, 0.4) is 0 Å². The molecule has 2 atom stereocenters. The van der Waals surface area contributed by atoms with E-state index in [1.165, 1.54) is 0 Å². The number of carbonyl (C=O) groups excluding carboxylic acids is 1. The highest BCUT2D eigenvalue weighted by atomic mass is 79.9. The number of nitrogens with two attached hydrogens (primary N) is 1. The minimum atomic E-state index is -0.452. The summed E-state index contributed by atoms with van der Waals surface area (Å²) in [7, 11) is 0. The third-order valence-electron chi connectivity index (χ3n) is 4.00. The minimum absolute atomic E-state index is 0.0480. The van der Waals surface area contributed by atoms with Gasteiger partial charge < -0.3 is 20.5 Å². The molecule has 6 nitrogen and oxygen atoms in total. The Morgan fingerprint density at radius 2 is 2.44 bits per heavy atom. The lowest BCUT2D eigenvalue weighted by atomic mass is 10.0. The molecular formula is C11H12BrN5O. The van der Waals surface area contributed by atoms with Crippen molar-refractivity contribution in [2.24, 2.45) is 10.7 Å². The first-order valence-corrected chi connectivity index (χ1v) is 6.72. The zero-order valence-electron chi connectivity index (χ0n) is 9.56. The number of aliphatic imine (C=N–C) groups is 1. The molecule has 1 fully saturated rings. The van der Waals surface area contributed by atoms with Gasteiger partial charge in [-0.1, -0.05) is 0 Å². The van der Waals surface area contributed by atoms with Gasteiger partial charge in [0.15, 0.2) is 17.8 Å². The fraction of sp³-hybridized carbons (Fsp3) is 0.455. The van der Waals surface area contributed by atoms with Crippen LogP contribution in [0.5, 0.6) is 0 Å². The molecule has 1 spiro atoms. The fourth-order valence-electron chi connectivity index (χ4n) is 3.33. The maximum atomic E-state index is 12.5. The van der Waals surface area contributed by atoms with Gasteiger partial charge in [0.2, 0.25) is 0 Å². The summed E-state index contributed by atoms with van der Waals surface area (Å²) in [6.45, 7) is 0.758. The number of nitrogens with one attached hydrogen (secondary N) is 1. The number of guanidine groups is 1. The number of hydrogen-bond acceptors (Lipinski definition) is 4. The molecule has 3 aliphatic rings. The van der Waals surface area contributed by atoms with E-state index in [0.717, 1.165) is 23.9 Å². The van der Waals surface area contributed by atoms with Crippen LogP contribution in [-0.4, -0.2) is 33.5 Å². The molecule has 1 saturated heterocycles. The number of rotatable bonds is 0. The predicted molar refractivity (Wildman–Crippen MR) is 68.9 cm³/mol. The van der Waals surface area contributed by atoms with Gasteiger partial charge in [-0.15, -0.1) is 0 Å². The van der Waals surface area contributed by atoms with Crippen LogP contribution in [0.15, 0.2) is 21.7 Å². The Bertz CT molecular complexity index is 594. The highest BCUT2D eigenvalue weighted by Gasteiger charge is 2.57. The van der Waals surface area contributed by atoms with Gasteiger partial charge in [-0.2, -0.15) is 0 Å². The molecular weight excluding hydrogens is 298 g/mol. The van der Waals surface area contributed by atoms with Crippen LogP contribution in [-0.2, 0) is 0 Å². The average Bonchev–Trinajstić information content (AvgIpc) is 2.96. The molecule has 0 aromatic carbocycles. The Morgan fingerprint density at radius 3 is 3.28 bits per heavy atom. The monoisotopic (exact) mass is 309 g/mol. The molecule has 1 aromatic heterocycles. The van der Waals surface area contributed by atoms with Crippen LogP contribution in [0.2, 0.25) is 0 Å². The van der Waals surface area contributed by atoms with Crippen LogP contribution < -0.4 is 11.1 Å². The van der Waals surface area contributed by atoms with Crippen LogP contribution >= 0.6 is 15.9 Å². The molecule has 3 aliphatic heterocycles. The first kappa shape index (κ1) is 10.4. The number of amides is 1. The molecule has 0 bridgehead atoms. The number of fused-ring (bicyclic) bond motifs is 2. The van der Waals surface area contributed by atoms with Gasteiger partial charge in [-0.05, 0) is 34.8 Å². The number of nitrogens with zero attached hydrogens (tertiary/aromatic N) is 3. The van der Waals surface area contributed by atoms with Crippen LogP contribution in [0, 0.1) is 0 Å². The van der Waals surface area contributed by atoms with Gasteiger partial charge >= 0.3 is 0 Å². The number of aromatic nitrogens is 1. The zero-order valence-corrected chi connectivity index (χ0v) is 11.1. The molecule has 1 aromatic rings. The van der Waals surface area contributed by atoms with Crippen LogP contribution in [0.4, 0.5) is 0 Å². The third kappa shape index (κ3) is 1.04. The Morgan fingerprint density at radius 1 is 1.61 bits per heavy atom. The summed E-state index contributed by atoms with van der Waals surface area (Å²) in [4.78, 5) is 18.9. The Hall–Kier alpha value is -1.50. The standard InChI is InChI=1S/C11H12BrN5O/c12-6-4-7-8(18)17-3-1-2-11(17)9(16(7)5-6)14-10(13)15-11/h4-5,9H,1-3H2,(H3,13,14,15)/t9-,11+/m1/s1. The lowest BCUT2D eigenvalue weighted by Gasteiger charge is -2.43. The van der Waals surface area contributed by atoms with E-state index in [0.29, 0.717) is 11.7 Å². The summed E-state index contributed by atoms with van der Waals surface area (Å²) in [5.74, 6) is 0.462. The van der Waals surface area contributed by atoms with Gasteiger partial charge in [0.25, 0.3) is 5.91 Å². The highest BCUT2D eigenvalue weighted by molar-refractivity contribution is 9.10. The first-order valence-electron chi connectivity index (χ1n) is 5.93. The molecule has 4 heterocycles. The lowest BCUT2D eigenvalue weighted by molar-refractivity contribution is 0.0327. The van der Waals surface area contributed by atoms with Gasteiger partial charge in [-0.3, -0.25) is 4.79 Å². The van der Waals surface area contributed by atoms with Crippen molar-refractivity contribution >= 4 is 27.8 Å². The summed E-state index contributed by atoms with van der Waals surface area (Å²) in [5, 5.41) is 3.21.